The maximum absolute atomic E-state index is 12.5. The number of esters is 1. The molecule has 3 atom stereocenters. The Bertz CT molecular complexity index is 853. The SMILES string of the molecule is COc1ccc(C(=O)OCC(=O)N[C@@H]2CCC[C@@H](C)[C@H]2C)cc1S(=O)(=O)N(C)C. The van der Waals surface area contributed by atoms with E-state index in [4.69, 9.17) is 9.47 Å². The number of carbonyl (C=O) groups excluding carboxylic acids is 2. The second-order valence-electron chi connectivity index (χ2n) is 7.67. The van der Waals surface area contributed by atoms with Gasteiger partial charge in [-0.25, -0.2) is 17.5 Å². The van der Waals surface area contributed by atoms with Gasteiger partial charge in [-0.05, 0) is 36.5 Å². The largest absolute Gasteiger partial charge is 0.495 e. The van der Waals surface area contributed by atoms with Gasteiger partial charge in [-0.15, -0.1) is 0 Å². The Hall–Kier alpha value is -2.13. The summed E-state index contributed by atoms with van der Waals surface area (Å²) in [4.78, 5) is 24.4. The molecular weight excluding hydrogens is 396 g/mol. The van der Waals surface area contributed by atoms with Crippen LogP contribution in [0.4, 0.5) is 0 Å². The zero-order chi connectivity index (χ0) is 21.8. The van der Waals surface area contributed by atoms with Gasteiger partial charge < -0.3 is 14.8 Å². The molecule has 0 saturated heterocycles. The van der Waals surface area contributed by atoms with Crippen LogP contribution in [0.1, 0.15) is 43.5 Å². The van der Waals surface area contributed by atoms with Crippen LogP contribution in [-0.4, -0.2) is 58.5 Å². The minimum Gasteiger partial charge on any atom is -0.495 e. The van der Waals surface area contributed by atoms with E-state index in [0.29, 0.717) is 11.8 Å². The lowest BCUT2D eigenvalue weighted by atomic mass is 9.78. The van der Waals surface area contributed by atoms with Crippen LogP contribution in [0.5, 0.6) is 5.75 Å². The Labute approximate surface area is 172 Å². The van der Waals surface area contributed by atoms with Gasteiger partial charge in [0, 0.05) is 20.1 Å². The van der Waals surface area contributed by atoms with E-state index in [-0.39, 0.29) is 28.2 Å². The topological polar surface area (TPSA) is 102 Å². The zero-order valence-corrected chi connectivity index (χ0v) is 18.4. The van der Waals surface area contributed by atoms with Gasteiger partial charge in [-0.2, -0.15) is 0 Å². The molecule has 1 saturated carbocycles. The molecule has 0 spiro atoms. The molecule has 1 aliphatic carbocycles. The van der Waals surface area contributed by atoms with Crippen molar-refractivity contribution in [2.24, 2.45) is 11.8 Å². The van der Waals surface area contributed by atoms with E-state index in [9.17, 15) is 18.0 Å². The van der Waals surface area contributed by atoms with E-state index in [1.165, 1.54) is 39.4 Å². The number of rotatable bonds is 7. The molecule has 0 aliphatic heterocycles. The summed E-state index contributed by atoms with van der Waals surface area (Å²) in [7, 11) is 0.303. The van der Waals surface area contributed by atoms with Gasteiger partial charge in [0.1, 0.15) is 10.6 Å². The van der Waals surface area contributed by atoms with Gasteiger partial charge in [0.25, 0.3) is 5.91 Å². The summed E-state index contributed by atoms with van der Waals surface area (Å²) in [6.07, 6.45) is 3.12. The van der Waals surface area contributed by atoms with Crippen LogP contribution in [0.2, 0.25) is 0 Å². The van der Waals surface area contributed by atoms with Crippen LogP contribution in [0.25, 0.3) is 0 Å². The molecule has 1 amide bonds. The fourth-order valence-electron chi connectivity index (χ4n) is 3.45. The normalized spacial score (nSPS) is 22.2. The zero-order valence-electron chi connectivity index (χ0n) is 17.6. The van der Waals surface area contributed by atoms with Crippen molar-refractivity contribution in [3.8, 4) is 5.75 Å². The van der Waals surface area contributed by atoms with Gasteiger partial charge in [-0.1, -0.05) is 26.7 Å². The average molecular weight is 427 g/mol. The van der Waals surface area contributed by atoms with Gasteiger partial charge in [0.15, 0.2) is 6.61 Å². The molecule has 8 nitrogen and oxygen atoms in total. The first-order valence-electron chi connectivity index (χ1n) is 9.65. The summed E-state index contributed by atoms with van der Waals surface area (Å²) in [5, 5.41) is 2.94. The van der Waals surface area contributed by atoms with Crippen LogP contribution in [0.15, 0.2) is 23.1 Å². The molecule has 0 radical (unpaired) electrons. The van der Waals surface area contributed by atoms with E-state index in [2.05, 4.69) is 19.2 Å². The van der Waals surface area contributed by atoms with Gasteiger partial charge in [0.05, 0.1) is 12.7 Å². The predicted molar refractivity (Wildman–Crippen MR) is 108 cm³/mol. The Morgan fingerprint density at radius 2 is 1.90 bits per heavy atom. The Balaban J connectivity index is 2.04. The fraction of sp³-hybridized carbons (Fsp3) is 0.600. The smallest absolute Gasteiger partial charge is 0.338 e. The molecule has 0 bridgehead atoms. The number of benzene rings is 1. The molecule has 1 aromatic rings. The van der Waals surface area contributed by atoms with Crippen LogP contribution in [0, 0.1) is 11.8 Å². The van der Waals surface area contributed by atoms with Crippen molar-refractivity contribution in [3.63, 3.8) is 0 Å². The van der Waals surface area contributed by atoms with Crippen molar-refractivity contribution in [1.82, 2.24) is 9.62 Å². The number of ether oxygens (including phenoxy) is 2. The number of nitrogens with one attached hydrogen (secondary N) is 1. The molecule has 1 fully saturated rings. The highest BCUT2D eigenvalue weighted by atomic mass is 32.2. The summed E-state index contributed by atoms with van der Waals surface area (Å²) in [6, 6.07) is 4.05. The third kappa shape index (κ3) is 5.48. The maximum atomic E-state index is 12.5. The Morgan fingerprint density at radius 1 is 1.21 bits per heavy atom. The van der Waals surface area contributed by atoms with Crippen molar-refractivity contribution in [1.29, 1.82) is 0 Å². The second kappa shape index (κ2) is 9.58. The lowest BCUT2D eigenvalue weighted by Crippen LogP contribution is -2.45. The lowest BCUT2D eigenvalue weighted by Gasteiger charge is -2.34. The molecule has 1 aliphatic rings. The fourth-order valence-corrected chi connectivity index (χ4v) is 4.53. The minimum atomic E-state index is -3.82. The van der Waals surface area contributed by atoms with E-state index >= 15 is 0 Å². The van der Waals surface area contributed by atoms with Gasteiger partial charge >= 0.3 is 5.97 Å². The van der Waals surface area contributed by atoms with E-state index < -0.39 is 22.6 Å². The molecular formula is C20H30N2O6S. The molecule has 162 valence electrons. The molecule has 1 N–H and O–H groups in total. The molecule has 2 rings (SSSR count). The molecule has 0 unspecified atom stereocenters. The average Bonchev–Trinajstić information content (AvgIpc) is 2.69. The minimum absolute atomic E-state index is 0.0266. The summed E-state index contributed by atoms with van der Waals surface area (Å²) in [6.45, 7) is 3.87. The summed E-state index contributed by atoms with van der Waals surface area (Å²) >= 11 is 0. The van der Waals surface area contributed by atoms with Crippen LogP contribution in [0.3, 0.4) is 0 Å². The maximum Gasteiger partial charge on any atom is 0.338 e. The van der Waals surface area contributed by atoms with Crippen molar-refractivity contribution in [2.75, 3.05) is 27.8 Å². The number of sulfonamides is 1. The predicted octanol–water partition coefficient (Wildman–Crippen LogP) is 2.04. The number of nitrogens with zero attached hydrogens (tertiary/aromatic N) is 1. The number of hydrogen-bond acceptors (Lipinski definition) is 6. The highest BCUT2D eigenvalue weighted by molar-refractivity contribution is 7.89. The third-order valence-electron chi connectivity index (χ3n) is 5.55. The lowest BCUT2D eigenvalue weighted by molar-refractivity contribution is -0.125. The quantitative estimate of drug-likeness (QED) is 0.670. The standard InChI is InChI=1S/C20H30N2O6S/c1-13-7-6-8-16(14(13)2)21-19(23)12-28-20(24)15-9-10-17(27-5)18(11-15)29(25,26)22(3)4/h9-11,13-14,16H,6-8,12H2,1-5H3,(H,21,23)/t13-,14-,16-/m1/s1. The van der Waals surface area contributed by atoms with Gasteiger partial charge in [0.2, 0.25) is 10.0 Å². The van der Waals surface area contributed by atoms with Crippen molar-refractivity contribution < 1.29 is 27.5 Å². The Kier molecular flexibility index (Phi) is 7.65. The highest BCUT2D eigenvalue weighted by Gasteiger charge is 2.28. The van der Waals surface area contributed by atoms with Gasteiger partial charge in [-0.3, -0.25) is 4.79 Å². The van der Waals surface area contributed by atoms with E-state index in [1.807, 2.05) is 0 Å². The monoisotopic (exact) mass is 426 g/mol. The van der Waals surface area contributed by atoms with Crippen LogP contribution >= 0.6 is 0 Å². The molecule has 0 heterocycles. The van der Waals surface area contributed by atoms with E-state index in [0.717, 1.165) is 23.6 Å². The molecule has 0 aromatic heterocycles. The third-order valence-corrected chi connectivity index (χ3v) is 7.38. The van der Waals surface area contributed by atoms with Crippen molar-refractivity contribution in [2.45, 2.75) is 44.0 Å². The summed E-state index contributed by atoms with van der Waals surface area (Å²) < 4.78 is 36.1. The first-order valence-corrected chi connectivity index (χ1v) is 11.1. The molecule has 1 aromatic carbocycles. The number of amides is 1. The number of carbonyl (C=O) groups is 2. The molecule has 29 heavy (non-hydrogen) atoms. The van der Waals surface area contributed by atoms with Crippen LogP contribution in [-0.2, 0) is 19.6 Å². The second-order valence-corrected chi connectivity index (χ2v) is 9.79. The van der Waals surface area contributed by atoms with Crippen LogP contribution < -0.4 is 10.1 Å². The van der Waals surface area contributed by atoms with Crippen molar-refractivity contribution in [3.05, 3.63) is 23.8 Å². The Morgan fingerprint density at radius 3 is 2.52 bits per heavy atom. The first-order chi connectivity index (χ1) is 13.6. The summed E-state index contributed by atoms with van der Waals surface area (Å²) in [5.74, 6) is -0.118. The first kappa shape index (κ1) is 23.2. The molecule has 9 heteroatoms. The van der Waals surface area contributed by atoms with E-state index in [1.54, 1.807) is 0 Å². The summed E-state index contributed by atoms with van der Waals surface area (Å²) in [5.41, 5.74) is 0.0266. The highest BCUT2D eigenvalue weighted by Crippen LogP contribution is 2.29. The van der Waals surface area contributed by atoms with Crippen molar-refractivity contribution >= 4 is 21.9 Å². The number of hydrogen-bond donors (Lipinski definition) is 1. The number of methoxy groups -OCH3 is 1.